The summed E-state index contributed by atoms with van der Waals surface area (Å²) >= 11 is 0. The highest BCUT2D eigenvalue weighted by atomic mass is 16.5. The normalized spacial score (nSPS) is 14.9. The smallest absolute Gasteiger partial charge is 0.336 e. The number of esters is 1. The highest BCUT2D eigenvalue weighted by Gasteiger charge is 2.42. The molecule has 0 saturated heterocycles. The van der Waals surface area contributed by atoms with Crippen molar-refractivity contribution in [2.45, 2.75) is 70.8 Å². The van der Waals surface area contributed by atoms with E-state index in [4.69, 9.17) is 9.72 Å². The van der Waals surface area contributed by atoms with Gasteiger partial charge in [-0.1, -0.05) is 81.1 Å². The van der Waals surface area contributed by atoms with Crippen molar-refractivity contribution in [1.82, 2.24) is 9.38 Å². The average molecular weight is 511 g/mol. The molecule has 6 heteroatoms. The SMILES string of the molecule is CCCc1cn2c(COC(=O)C3(c4ccc(-c5ccccc5C(=O)O)cc4)CCCCC3)ccc(C)c2n1. The summed E-state index contributed by atoms with van der Waals surface area (Å²) in [6, 6.07) is 18.8. The molecular formula is C32H34N2O4. The van der Waals surface area contributed by atoms with E-state index in [1.165, 1.54) is 0 Å². The summed E-state index contributed by atoms with van der Waals surface area (Å²) < 4.78 is 8.09. The van der Waals surface area contributed by atoms with Gasteiger partial charge in [-0.15, -0.1) is 0 Å². The summed E-state index contributed by atoms with van der Waals surface area (Å²) in [4.78, 5) is 30.3. The van der Waals surface area contributed by atoms with E-state index in [0.717, 1.165) is 78.7 Å². The molecule has 1 aliphatic carbocycles. The minimum absolute atomic E-state index is 0.184. The number of benzene rings is 2. The molecule has 0 bridgehead atoms. The number of carboxylic acid groups (broad SMARTS) is 1. The number of nitrogens with zero attached hydrogens (tertiary/aromatic N) is 2. The standard InChI is InChI=1S/C32H34N2O4/c1-3-9-25-20-34-26(17-12-22(2)29(34)33-25)21-38-31(37)32(18-7-4-8-19-32)24-15-13-23(14-16-24)27-10-5-6-11-28(27)30(35)36/h5-6,10-17,20H,3-4,7-9,18-19,21H2,1-2H3,(H,35,36). The van der Waals surface area contributed by atoms with Gasteiger partial charge in [0.25, 0.3) is 0 Å². The van der Waals surface area contributed by atoms with Crippen LogP contribution in [0.2, 0.25) is 0 Å². The monoisotopic (exact) mass is 510 g/mol. The Morgan fingerprint density at radius 1 is 1.00 bits per heavy atom. The summed E-state index contributed by atoms with van der Waals surface area (Å²) in [5, 5.41) is 9.59. The predicted octanol–water partition coefficient (Wildman–Crippen LogP) is 6.91. The number of fused-ring (bicyclic) bond motifs is 1. The third-order valence-corrected chi connectivity index (χ3v) is 7.80. The van der Waals surface area contributed by atoms with Crippen LogP contribution in [0.5, 0.6) is 0 Å². The van der Waals surface area contributed by atoms with Crippen LogP contribution in [0.1, 0.15) is 78.3 Å². The van der Waals surface area contributed by atoms with Gasteiger partial charge >= 0.3 is 11.9 Å². The summed E-state index contributed by atoms with van der Waals surface area (Å²) in [5.74, 6) is -1.15. The van der Waals surface area contributed by atoms with Gasteiger partial charge < -0.3 is 14.2 Å². The number of imidazole rings is 1. The molecule has 1 N–H and O–H groups in total. The van der Waals surface area contributed by atoms with Gasteiger partial charge in [0.1, 0.15) is 12.3 Å². The van der Waals surface area contributed by atoms with Gasteiger partial charge in [-0.3, -0.25) is 4.79 Å². The molecule has 4 aromatic rings. The van der Waals surface area contributed by atoms with E-state index in [0.29, 0.717) is 5.56 Å². The number of hydrogen-bond donors (Lipinski definition) is 1. The van der Waals surface area contributed by atoms with Gasteiger partial charge in [0.15, 0.2) is 0 Å². The number of aromatic nitrogens is 2. The number of carboxylic acids is 1. The van der Waals surface area contributed by atoms with Gasteiger partial charge in [-0.25, -0.2) is 9.78 Å². The van der Waals surface area contributed by atoms with Crippen molar-refractivity contribution in [2.24, 2.45) is 0 Å². The van der Waals surface area contributed by atoms with Gasteiger partial charge in [-0.05, 0) is 60.6 Å². The van der Waals surface area contributed by atoms with Crippen LogP contribution in [0.15, 0.2) is 66.9 Å². The van der Waals surface area contributed by atoms with Gasteiger partial charge in [0.2, 0.25) is 0 Å². The first-order valence-corrected chi connectivity index (χ1v) is 13.5. The van der Waals surface area contributed by atoms with Gasteiger partial charge in [-0.2, -0.15) is 0 Å². The maximum Gasteiger partial charge on any atom is 0.336 e. The van der Waals surface area contributed by atoms with Crippen LogP contribution in [0.25, 0.3) is 16.8 Å². The minimum Gasteiger partial charge on any atom is -0.478 e. The zero-order valence-electron chi connectivity index (χ0n) is 22.1. The first-order valence-electron chi connectivity index (χ1n) is 13.5. The molecule has 0 aliphatic heterocycles. The first-order chi connectivity index (χ1) is 18.4. The Balaban J connectivity index is 1.41. The maximum atomic E-state index is 13.8. The van der Waals surface area contributed by atoms with Crippen LogP contribution in [0, 0.1) is 6.92 Å². The zero-order chi connectivity index (χ0) is 26.7. The topological polar surface area (TPSA) is 80.9 Å². The predicted molar refractivity (Wildman–Crippen MR) is 147 cm³/mol. The summed E-state index contributed by atoms with van der Waals surface area (Å²) in [5.41, 5.74) is 5.92. The second-order valence-electron chi connectivity index (χ2n) is 10.3. The van der Waals surface area contributed by atoms with Crippen molar-refractivity contribution in [3.63, 3.8) is 0 Å². The Morgan fingerprint density at radius 2 is 1.74 bits per heavy atom. The fourth-order valence-electron chi connectivity index (χ4n) is 5.73. The summed E-state index contributed by atoms with van der Waals surface area (Å²) in [6.45, 7) is 4.37. The van der Waals surface area contributed by atoms with Crippen molar-refractivity contribution >= 4 is 17.6 Å². The Hall–Kier alpha value is -3.93. The lowest BCUT2D eigenvalue weighted by Gasteiger charge is -2.35. The highest BCUT2D eigenvalue weighted by molar-refractivity contribution is 5.96. The number of rotatable bonds is 8. The molecule has 1 fully saturated rings. The van der Waals surface area contributed by atoms with E-state index < -0.39 is 11.4 Å². The number of ether oxygens (including phenoxy) is 1. The fourth-order valence-corrected chi connectivity index (χ4v) is 5.73. The zero-order valence-corrected chi connectivity index (χ0v) is 22.1. The number of aromatic carboxylic acids is 1. The van der Waals surface area contributed by atoms with Crippen molar-refractivity contribution in [2.75, 3.05) is 0 Å². The van der Waals surface area contributed by atoms with Crippen LogP contribution < -0.4 is 0 Å². The van der Waals surface area contributed by atoms with Crippen LogP contribution in [0.3, 0.4) is 0 Å². The van der Waals surface area contributed by atoms with Gasteiger partial charge in [0.05, 0.1) is 22.4 Å². The summed E-state index contributed by atoms with van der Waals surface area (Å²) in [7, 11) is 0. The van der Waals surface area contributed by atoms with E-state index >= 15 is 0 Å². The van der Waals surface area contributed by atoms with Crippen molar-refractivity contribution < 1.29 is 19.4 Å². The van der Waals surface area contributed by atoms with Crippen LogP contribution in [-0.2, 0) is 28.0 Å². The third kappa shape index (κ3) is 4.83. The largest absolute Gasteiger partial charge is 0.478 e. The van der Waals surface area contributed by atoms with Crippen LogP contribution in [-0.4, -0.2) is 26.4 Å². The second-order valence-corrected chi connectivity index (χ2v) is 10.3. The number of pyridine rings is 1. The lowest BCUT2D eigenvalue weighted by molar-refractivity contribution is -0.153. The van der Waals surface area contributed by atoms with E-state index in [2.05, 4.69) is 17.5 Å². The molecule has 196 valence electrons. The molecule has 1 saturated carbocycles. The van der Waals surface area contributed by atoms with E-state index in [1.807, 2.05) is 55.5 Å². The maximum absolute atomic E-state index is 13.8. The molecule has 6 nitrogen and oxygen atoms in total. The van der Waals surface area contributed by atoms with Crippen LogP contribution in [0.4, 0.5) is 0 Å². The molecule has 0 atom stereocenters. The Labute approximate surface area is 223 Å². The molecular weight excluding hydrogens is 476 g/mol. The van der Waals surface area contributed by atoms with E-state index in [-0.39, 0.29) is 18.1 Å². The molecule has 0 unspecified atom stereocenters. The Bertz CT molecular complexity index is 1460. The van der Waals surface area contributed by atoms with Crippen molar-refractivity contribution in [1.29, 1.82) is 0 Å². The van der Waals surface area contributed by atoms with E-state index in [1.54, 1.807) is 12.1 Å². The first kappa shape index (κ1) is 25.7. The molecule has 5 rings (SSSR count). The number of hydrogen-bond acceptors (Lipinski definition) is 4. The molecule has 1 aliphatic rings. The highest BCUT2D eigenvalue weighted by Crippen LogP contribution is 2.41. The van der Waals surface area contributed by atoms with E-state index in [9.17, 15) is 14.7 Å². The quantitative estimate of drug-likeness (QED) is 0.261. The lowest BCUT2D eigenvalue weighted by Crippen LogP contribution is -2.39. The average Bonchev–Trinajstić information content (AvgIpc) is 3.38. The third-order valence-electron chi connectivity index (χ3n) is 7.80. The Morgan fingerprint density at radius 3 is 2.45 bits per heavy atom. The molecule has 2 heterocycles. The molecule has 2 aromatic carbocycles. The van der Waals surface area contributed by atoms with Crippen LogP contribution >= 0.6 is 0 Å². The van der Waals surface area contributed by atoms with Gasteiger partial charge in [0, 0.05) is 6.20 Å². The molecule has 38 heavy (non-hydrogen) atoms. The van der Waals surface area contributed by atoms with Crippen molar-refractivity contribution in [3.05, 3.63) is 94.9 Å². The fraction of sp³-hybridized carbons (Fsp3) is 0.344. The number of aryl methyl sites for hydroxylation is 2. The molecule has 0 radical (unpaired) electrons. The second kappa shape index (κ2) is 10.8. The Kier molecular flexibility index (Phi) is 7.32. The molecule has 0 spiro atoms. The molecule has 2 aromatic heterocycles. The molecule has 0 amide bonds. The lowest BCUT2D eigenvalue weighted by atomic mass is 9.69. The number of carbonyl (C=O) groups is 2. The summed E-state index contributed by atoms with van der Waals surface area (Å²) in [6.07, 6.45) is 8.52. The number of carbonyl (C=O) groups excluding carboxylic acids is 1. The minimum atomic E-state index is -0.957. The van der Waals surface area contributed by atoms with Crippen molar-refractivity contribution in [3.8, 4) is 11.1 Å².